The number of thiazole rings is 1. The monoisotopic (exact) mass is 355 g/mol. The van der Waals surface area contributed by atoms with Crippen LogP contribution >= 0.6 is 11.3 Å². The molecule has 0 bridgehead atoms. The predicted molar refractivity (Wildman–Crippen MR) is 99.6 cm³/mol. The van der Waals surface area contributed by atoms with Crippen LogP contribution in [0.15, 0.2) is 54.7 Å². The lowest BCUT2D eigenvalue weighted by molar-refractivity contribution is -0.114. The molecular weight excluding hydrogens is 337 g/mol. The van der Waals surface area contributed by atoms with E-state index in [0.717, 1.165) is 16.1 Å². The number of amides is 1. The molecular formula is C19H18FN3OS. The highest BCUT2D eigenvalue weighted by atomic mass is 32.1. The zero-order valence-electron chi connectivity index (χ0n) is 13.8. The minimum atomic E-state index is -0.232. The van der Waals surface area contributed by atoms with E-state index >= 15 is 0 Å². The van der Waals surface area contributed by atoms with Gasteiger partial charge in [0.05, 0.1) is 6.54 Å². The smallest absolute Gasteiger partial charge is 0.245 e. The number of carbonyl (C=O) groups excluding carboxylic acids is 1. The highest BCUT2D eigenvalue weighted by molar-refractivity contribution is 7.15. The molecule has 25 heavy (non-hydrogen) atoms. The summed E-state index contributed by atoms with van der Waals surface area (Å²) < 4.78 is 13.7. The first kappa shape index (κ1) is 17.1. The first-order valence-corrected chi connectivity index (χ1v) is 8.71. The zero-order valence-corrected chi connectivity index (χ0v) is 14.6. The van der Waals surface area contributed by atoms with Gasteiger partial charge in [-0.15, -0.1) is 11.3 Å². The number of aromatic nitrogens is 1. The fourth-order valence-corrected chi connectivity index (χ4v) is 3.24. The van der Waals surface area contributed by atoms with E-state index in [1.807, 2.05) is 31.2 Å². The van der Waals surface area contributed by atoms with Gasteiger partial charge in [0.1, 0.15) is 5.82 Å². The van der Waals surface area contributed by atoms with Gasteiger partial charge in [0.2, 0.25) is 5.91 Å². The SMILES string of the molecule is Cc1ccccc1NCC(=O)Nc1ncc(Cc2ccccc2F)s1. The minimum Gasteiger partial charge on any atom is -0.376 e. The molecule has 2 aromatic carbocycles. The molecule has 2 N–H and O–H groups in total. The highest BCUT2D eigenvalue weighted by Crippen LogP contribution is 2.22. The van der Waals surface area contributed by atoms with Gasteiger partial charge in [-0.05, 0) is 30.2 Å². The summed E-state index contributed by atoms with van der Waals surface area (Å²) in [5.74, 6) is -0.404. The van der Waals surface area contributed by atoms with Crippen LogP contribution in [0.2, 0.25) is 0 Å². The quantitative estimate of drug-likeness (QED) is 0.696. The molecule has 1 heterocycles. The third-order valence-corrected chi connectivity index (χ3v) is 4.62. The Morgan fingerprint density at radius 3 is 2.72 bits per heavy atom. The van der Waals surface area contributed by atoms with Crippen LogP contribution in [0.4, 0.5) is 15.2 Å². The number of rotatable bonds is 6. The van der Waals surface area contributed by atoms with Crippen molar-refractivity contribution in [1.29, 1.82) is 0 Å². The maximum atomic E-state index is 13.7. The maximum absolute atomic E-state index is 13.7. The predicted octanol–water partition coefficient (Wildman–Crippen LogP) is 4.23. The van der Waals surface area contributed by atoms with Gasteiger partial charge in [-0.25, -0.2) is 9.37 Å². The average molecular weight is 355 g/mol. The summed E-state index contributed by atoms with van der Waals surface area (Å²) in [6.07, 6.45) is 2.13. The largest absolute Gasteiger partial charge is 0.376 e. The Hall–Kier alpha value is -2.73. The Morgan fingerprint density at radius 2 is 1.92 bits per heavy atom. The fourth-order valence-electron chi connectivity index (χ4n) is 2.39. The van der Waals surface area contributed by atoms with E-state index in [2.05, 4.69) is 15.6 Å². The second-order valence-electron chi connectivity index (χ2n) is 5.62. The molecule has 0 fully saturated rings. The Balaban J connectivity index is 1.55. The Bertz CT molecular complexity index is 878. The van der Waals surface area contributed by atoms with E-state index < -0.39 is 0 Å². The molecule has 4 nitrogen and oxygen atoms in total. The number of nitrogens with one attached hydrogen (secondary N) is 2. The molecule has 0 atom stereocenters. The van der Waals surface area contributed by atoms with Gasteiger partial charge in [0, 0.05) is 23.2 Å². The molecule has 1 aromatic heterocycles. The van der Waals surface area contributed by atoms with Crippen molar-refractivity contribution in [1.82, 2.24) is 4.98 Å². The molecule has 128 valence electrons. The van der Waals surface area contributed by atoms with E-state index in [0.29, 0.717) is 17.1 Å². The van der Waals surface area contributed by atoms with Crippen LogP contribution in [-0.2, 0) is 11.2 Å². The fraction of sp³-hybridized carbons (Fsp3) is 0.158. The number of aryl methyl sites for hydroxylation is 1. The van der Waals surface area contributed by atoms with E-state index in [9.17, 15) is 9.18 Å². The summed E-state index contributed by atoms with van der Waals surface area (Å²) in [6.45, 7) is 2.14. The summed E-state index contributed by atoms with van der Waals surface area (Å²) in [6, 6.07) is 14.4. The van der Waals surface area contributed by atoms with Crippen LogP contribution in [0.25, 0.3) is 0 Å². The van der Waals surface area contributed by atoms with Crippen molar-refractivity contribution < 1.29 is 9.18 Å². The van der Waals surface area contributed by atoms with E-state index in [-0.39, 0.29) is 18.3 Å². The summed E-state index contributed by atoms with van der Waals surface area (Å²) >= 11 is 1.35. The lowest BCUT2D eigenvalue weighted by Gasteiger charge is -2.08. The molecule has 3 aromatic rings. The first-order chi connectivity index (χ1) is 12.1. The number of anilines is 2. The summed E-state index contributed by atoms with van der Waals surface area (Å²) in [5.41, 5.74) is 2.62. The van der Waals surface area contributed by atoms with Crippen molar-refractivity contribution in [2.75, 3.05) is 17.2 Å². The molecule has 0 unspecified atom stereocenters. The van der Waals surface area contributed by atoms with Gasteiger partial charge in [-0.1, -0.05) is 36.4 Å². The maximum Gasteiger partial charge on any atom is 0.245 e. The summed E-state index contributed by atoms with van der Waals surface area (Å²) in [4.78, 5) is 17.1. The molecule has 0 aliphatic rings. The Morgan fingerprint density at radius 1 is 1.16 bits per heavy atom. The van der Waals surface area contributed by atoms with Crippen LogP contribution in [0.5, 0.6) is 0 Å². The lowest BCUT2D eigenvalue weighted by atomic mass is 10.1. The van der Waals surface area contributed by atoms with Gasteiger partial charge in [0.25, 0.3) is 0 Å². The van der Waals surface area contributed by atoms with E-state index in [1.54, 1.807) is 24.4 Å². The first-order valence-electron chi connectivity index (χ1n) is 7.89. The lowest BCUT2D eigenvalue weighted by Crippen LogP contribution is -2.21. The molecule has 0 aliphatic carbocycles. The van der Waals surface area contributed by atoms with Crippen LogP contribution in [0.3, 0.4) is 0 Å². The second kappa shape index (κ2) is 7.90. The van der Waals surface area contributed by atoms with Crippen molar-refractivity contribution in [3.63, 3.8) is 0 Å². The topological polar surface area (TPSA) is 54.0 Å². The molecule has 0 aliphatic heterocycles. The highest BCUT2D eigenvalue weighted by Gasteiger charge is 2.09. The second-order valence-corrected chi connectivity index (χ2v) is 6.73. The van der Waals surface area contributed by atoms with E-state index in [1.165, 1.54) is 17.4 Å². The average Bonchev–Trinajstić information content (AvgIpc) is 3.03. The number of halogens is 1. The number of nitrogens with zero attached hydrogens (tertiary/aromatic N) is 1. The molecule has 3 rings (SSSR count). The van der Waals surface area contributed by atoms with Gasteiger partial charge in [-0.2, -0.15) is 0 Å². The summed E-state index contributed by atoms with van der Waals surface area (Å²) in [5, 5.41) is 6.38. The number of para-hydroxylation sites is 1. The summed E-state index contributed by atoms with van der Waals surface area (Å²) in [7, 11) is 0. The van der Waals surface area contributed by atoms with Gasteiger partial charge >= 0.3 is 0 Å². The van der Waals surface area contributed by atoms with Crippen LogP contribution in [-0.4, -0.2) is 17.4 Å². The molecule has 0 radical (unpaired) electrons. The van der Waals surface area contributed by atoms with Crippen LogP contribution in [0, 0.1) is 12.7 Å². The number of hydrogen-bond acceptors (Lipinski definition) is 4. The van der Waals surface area contributed by atoms with Crippen LogP contribution in [0.1, 0.15) is 16.0 Å². The number of hydrogen-bond donors (Lipinski definition) is 2. The van der Waals surface area contributed by atoms with E-state index in [4.69, 9.17) is 0 Å². The van der Waals surface area contributed by atoms with Gasteiger partial charge in [-0.3, -0.25) is 4.79 Å². The van der Waals surface area contributed by atoms with Crippen molar-refractivity contribution >= 4 is 28.1 Å². The van der Waals surface area contributed by atoms with Gasteiger partial charge < -0.3 is 10.6 Å². The molecule has 1 amide bonds. The molecule has 0 saturated heterocycles. The van der Waals surface area contributed by atoms with Crippen molar-refractivity contribution in [2.24, 2.45) is 0 Å². The normalized spacial score (nSPS) is 10.5. The molecule has 6 heteroatoms. The third-order valence-electron chi connectivity index (χ3n) is 3.71. The Labute approximate surface area is 149 Å². The van der Waals surface area contributed by atoms with Crippen LogP contribution < -0.4 is 10.6 Å². The zero-order chi connectivity index (χ0) is 17.6. The third kappa shape index (κ3) is 4.64. The van der Waals surface area contributed by atoms with Gasteiger partial charge in [0.15, 0.2) is 5.13 Å². The Kier molecular flexibility index (Phi) is 5.40. The standard InChI is InChI=1S/C19H18FN3OS/c1-13-6-2-5-9-17(13)21-12-18(24)23-19-22-11-15(25-19)10-14-7-3-4-8-16(14)20/h2-9,11,21H,10,12H2,1H3,(H,22,23,24). The van der Waals surface area contributed by atoms with Crippen molar-refractivity contribution in [2.45, 2.75) is 13.3 Å². The molecule has 0 saturated carbocycles. The van der Waals surface area contributed by atoms with Crippen molar-refractivity contribution in [3.05, 3.63) is 76.5 Å². The molecule has 0 spiro atoms. The van der Waals surface area contributed by atoms with Crippen molar-refractivity contribution in [3.8, 4) is 0 Å². The number of carbonyl (C=O) groups is 1. The minimum absolute atomic E-state index is 0.160. The number of benzene rings is 2.